The summed E-state index contributed by atoms with van der Waals surface area (Å²) in [6.45, 7) is 4.07. The van der Waals surface area contributed by atoms with Crippen LogP contribution in [0.15, 0.2) is 42.4 Å². The molecular weight excluding hydrogens is 500 g/mol. The molecule has 2 aromatic rings. The zero-order chi connectivity index (χ0) is 27.1. The van der Waals surface area contributed by atoms with Crippen LogP contribution in [0.1, 0.15) is 5.56 Å². The molecule has 1 aromatic carbocycles. The zero-order valence-electron chi connectivity index (χ0n) is 21.7. The van der Waals surface area contributed by atoms with Gasteiger partial charge in [0, 0.05) is 51.6 Å². The lowest BCUT2D eigenvalue weighted by atomic mass is 10.0. The van der Waals surface area contributed by atoms with Crippen LogP contribution in [0.4, 0.5) is 14.7 Å². The molecule has 1 aliphatic carbocycles. The van der Waals surface area contributed by atoms with Gasteiger partial charge >= 0.3 is 0 Å². The second-order valence-electron chi connectivity index (χ2n) is 8.82. The minimum Gasteiger partial charge on any atom is -0.494 e. The molecule has 1 unspecified atom stereocenters. The maximum absolute atomic E-state index is 14.6. The summed E-state index contributed by atoms with van der Waals surface area (Å²) in [5, 5.41) is 12.3. The first kappa shape index (κ1) is 27.7. The second-order valence-corrected chi connectivity index (χ2v) is 8.82. The van der Waals surface area contributed by atoms with E-state index in [1.165, 1.54) is 26.6 Å². The highest BCUT2D eigenvalue weighted by atomic mass is 19.1. The van der Waals surface area contributed by atoms with Gasteiger partial charge in [0.1, 0.15) is 6.61 Å². The van der Waals surface area contributed by atoms with Gasteiger partial charge in [-0.15, -0.1) is 0 Å². The SMILES string of the molecule is COc1cc(OC)c(F)c(COc2cnc(NC3=CC(OC)[C@H](N4CCN(CCO)CC4)C=C3)nc2)c1F. The fourth-order valence-corrected chi connectivity index (χ4v) is 4.49. The summed E-state index contributed by atoms with van der Waals surface area (Å²) in [6, 6.07) is 1.25. The number of allylic oxidation sites excluding steroid dienone is 1. The van der Waals surface area contributed by atoms with Crippen molar-refractivity contribution in [2.75, 3.05) is 66.0 Å². The number of hydrogen-bond acceptors (Lipinski definition) is 10. The van der Waals surface area contributed by atoms with Crippen LogP contribution in [0, 0.1) is 11.6 Å². The topological polar surface area (TPSA) is 101 Å². The summed E-state index contributed by atoms with van der Waals surface area (Å²) in [7, 11) is 4.25. The predicted octanol–water partition coefficient (Wildman–Crippen LogP) is 2.21. The van der Waals surface area contributed by atoms with E-state index in [0.29, 0.717) is 12.5 Å². The molecule has 2 heterocycles. The standard InChI is InChI=1S/C26H33F2N5O5/c1-35-21-12-17(4-5-20(21)33-8-6-32(7-9-33)10-11-34)31-26-29-14-18(15-30-26)38-16-19-24(27)22(36-2)13-23(37-3)25(19)28/h4-5,12-15,20-21,34H,6-11,16H2,1-3H3,(H,29,30,31)/t20-,21?/m1/s1. The third-order valence-electron chi connectivity index (χ3n) is 6.60. The van der Waals surface area contributed by atoms with Crippen LogP contribution in [0.3, 0.4) is 0 Å². The van der Waals surface area contributed by atoms with Gasteiger partial charge in [0.15, 0.2) is 28.9 Å². The fraction of sp³-hybridized carbons (Fsp3) is 0.462. The molecular formula is C26H33F2N5O5. The molecule has 4 rings (SSSR count). The van der Waals surface area contributed by atoms with Crippen LogP contribution in [-0.2, 0) is 11.3 Å². The number of halogens is 2. The number of rotatable bonds is 11. The molecule has 206 valence electrons. The molecule has 0 amide bonds. The molecule has 12 heteroatoms. The quantitative estimate of drug-likeness (QED) is 0.447. The van der Waals surface area contributed by atoms with Crippen molar-refractivity contribution < 1.29 is 32.8 Å². The highest BCUT2D eigenvalue weighted by Gasteiger charge is 2.29. The largest absolute Gasteiger partial charge is 0.494 e. The first-order valence-electron chi connectivity index (χ1n) is 12.3. The van der Waals surface area contributed by atoms with Crippen LogP contribution in [0.5, 0.6) is 17.2 Å². The highest BCUT2D eigenvalue weighted by Crippen LogP contribution is 2.32. The fourth-order valence-electron chi connectivity index (χ4n) is 4.49. The summed E-state index contributed by atoms with van der Waals surface area (Å²) >= 11 is 0. The van der Waals surface area contributed by atoms with Gasteiger partial charge in [0.05, 0.1) is 50.9 Å². The summed E-state index contributed by atoms with van der Waals surface area (Å²) in [5.74, 6) is -1.45. The Hall–Kier alpha value is -3.32. The van der Waals surface area contributed by atoms with E-state index in [1.807, 2.05) is 12.2 Å². The number of nitrogens with zero attached hydrogens (tertiary/aromatic N) is 4. The molecule has 10 nitrogen and oxygen atoms in total. The lowest BCUT2D eigenvalue weighted by Gasteiger charge is -2.41. The van der Waals surface area contributed by atoms with E-state index in [0.717, 1.165) is 37.9 Å². The van der Waals surface area contributed by atoms with E-state index in [9.17, 15) is 8.78 Å². The number of β-amino-alcohol motifs (C(OH)–C–C–N with tert-alkyl or cyclic N) is 1. The molecule has 1 saturated heterocycles. The summed E-state index contributed by atoms with van der Waals surface area (Å²) in [4.78, 5) is 13.1. The number of piperazine rings is 1. The van der Waals surface area contributed by atoms with E-state index in [2.05, 4.69) is 31.2 Å². The Morgan fingerprint density at radius 3 is 2.26 bits per heavy atom. The van der Waals surface area contributed by atoms with Gasteiger partial charge in [-0.1, -0.05) is 6.08 Å². The molecule has 1 aromatic heterocycles. The number of methoxy groups -OCH3 is 3. The molecule has 1 aliphatic heterocycles. The van der Waals surface area contributed by atoms with Crippen molar-refractivity contribution in [2.45, 2.75) is 18.8 Å². The summed E-state index contributed by atoms with van der Waals surface area (Å²) in [6.07, 6.45) is 8.73. The Kier molecular flexibility index (Phi) is 9.45. The third-order valence-corrected chi connectivity index (χ3v) is 6.60. The number of benzene rings is 1. The minimum atomic E-state index is -0.862. The lowest BCUT2D eigenvalue weighted by Crippen LogP contribution is -2.54. The van der Waals surface area contributed by atoms with Crippen LogP contribution in [0.25, 0.3) is 0 Å². The molecule has 0 spiro atoms. The van der Waals surface area contributed by atoms with E-state index >= 15 is 0 Å². The molecule has 2 N–H and O–H groups in total. The molecule has 2 atom stereocenters. The normalized spacial score (nSPS) is 20.2. The number of aliphatic hydroxyl groups is 1. The Bertz CT molecular complexity index is 1110. The van der Waals surface area contributed by atoms with E-state index < -0.39 is 18.2 Å². The smallest absolute Gasteiger partial charge is 0.227 e. The van der Waals surface area contributed by atoms with Gasteiger partial charge in [0.2, 0.25) is 5.95 Å². The average Bonchev–Trinajstić information content (AvgIpc) is 2.94. The van der Waals surface area contributed by atoms with Gasteiger partial charge in [-0.2, -0.15) is 0 Å². The maximum Gasteiger partial charge on any atom is 0.227 e. The first-order chi connectivity index (χ1) is 18.5. The first-order valence-corrected chi connectivity index (χ1v) is 12.3. The van der Waals surface area contributed by atoms with Gasteiger partial charge < -0.3 is 29.4 Å². The van der Waals surface area contributed by atoms with Crippen molar-refractivity contribution in [3.05, 3.63) is 59.6 Å². The number of nitrogens with one attached hydrogen (secondary N) is 1. The van der Waals surface area contributed by atoms with E-state index in [1.54, 1.807) is 7.11 Å². The molecule has 2 aliphatic rings. The van der Waals surface area contributed by atoms with Crippen LogP contribution < -0.4 is 19.5 Å². The zero-order valence-corrected chi connectivity index (χ0v) is 21.7. The van der Waals surface area contributed by atoms with Gasteiger partial charge in [-0.05, 0) is 12.2 Å². The van der Waals surface area contributed by atoms with Crippen molar-refractivity contribution in [2.24, 2.45) is 0 Å². The van der Waals surface area contributed by atoms with Crippen LogP contribution >= 0.6 is 0 Å². The summed E-state index contributed by atoms with van der Waals surface area (Å²) < 4.78 is 50.3. The van der Waals surface area contributed by atoms with Gasteiger partial charge in [-0.25, -0.2) is 18.7 Å². The van der Waals surface area contributed by atoms with Crippen molar-refractivity contribution in [3.8, 4) is 17.2 Å². The number of hydrogen-bond donors (Lipinski definition) is 2. The van der Waals surface area contributed by atoms with E-state index in [4.69, 9.17) is 24.1 Å². The van der Waals surface area contributed by atoms with Crippen LogP contribution in [-0.4, -0.2) is 97.7 Å². The summed E-state index contributed by atoms with van der Waals surface area (Å²) in [5.41, 5.74) is 0.462. The van der Waals surface area contributed by atoms with Crippen LogP contribution in [0.2, 0.25) is 0 Å². The molecule has 1 fully saturated rings. The number of anilines is 1. The molecule has 0 radical (unpaired) electrons. The van der Waals surface area contributed by atoms with Crippen molar-refractivity contribution in [1.29, 1.82) is 0 Å². The molecule has 0 saturated carbocycles. The molecule has 38 heavy (non-hydrogen) atoms. The Balaban J connectivity index is 1.35. The Labute approximate surface area is 220 Å². The minimum absolute atomic E-state index is 0.106. The van der Waals surface area contributed by atoms with Gasteiger partial charge in [-0.3, -0.25) is 9.80 Å². The lowest BCUT2D eigenvalue weighted by molar-refractivity contribution is 0.0314. The van der Waals surface area contributed by atoms with Gasteiger partial charge in [0.25, 0.3) is 0 Å². The van der Waals surface area contributed by atoms with Crippen molar-refractivity contribution in [1.82, 2.24) is 19.8 Å². The molecule has 0 bridgehead atoms. The predicted molar refractivity (Wildman–Crippen MR) is 136 cm³/mol. The average molecular weight is 534 g/mol. The Morgan fingerprint density at radius 1 is 1.03 bits per heavy atom. The van der Waals surface area contributed by atoms with Crippen molar-refractivity contribution in [3.63, 3.8) is 0 Å². The van der Waals surface area contributed by atoms with E-state index in [-0.39, 0.29) is 41.6 Å². The highest BCUT2D eigenvalue weighted by molar-refractivity contribution is 5.44. The van der Waals surface area contributed by atoms with Crippen molar-refractivity contribution >= 4 is 5.95 Å². The number of aliphatic hydroxyl groups excluding tert-OH is 1. The monoisotopic (exact) mass is 533 g/mol. The maximum atomic E-state index is 14.6. The second kappa shape index (κ2) is 13.0. The Morgan fingerprint density at radius 2 is 1.68 bits per heavy atom. The third kappa shape index (κ3) is 6.38. The number of ether oxygens (including phenoxy) is 4. The number of aromatic nitrogens is 2.